The number of nitrogens with one attached hydrogen (secondary N) is 2. The highest BCUT2D eigenvalue weighted by Crippen LogP contribution is 2.19. The summed E-state index contributed by atoms with van der Waals surface area (Å²) in [5.41, 5.74) is 0.416. The van der Waals surface area contributed by atoms with Crippen LogP contribution in [0.15, 0.2) is 18.2 Å². The number of carbonyl (C=O) groups is 2. The van der Waals surface area contributed by atoms with Crippen LogP contribution in [-0.2, 0) is 4.79 Å². The maximum atomic E-state index is 11.9. The van der Waals surface area contributed by atoms with E-state index < -0.39 is 0 Å². The van der Waals surface area contributed by atoms with Gasteiger partial charge in [0.2, 0.25) is 5.91 Å². The molecule has 1 fully saturated rings. The van der Waals surface area contributed by atoms with E-state index in [4.69, 9.17) is 23.2 Å². The van der Waals surface area contributed by atoms with E-state index in [0.29, 0.717) is 28.6 Å². The molecule has 1 heterocycles. The van der Waals surface area contributed by atoms with E-state index in [1.807, 2.05) is 0 Å². The molecule has 0 unspecified atom stereocenters. The predicted molar refractivity (Wildman–Crippen MR) is 74.6 cm³/mol. The summed E-state index contributed by atoms with van der Waals surface area (Å²) in [6.07, 6.45) is 2.30. The molecule has 0 aliphatic carbocycles. The van der Waals surface area contributed by atoms with Gasteiger partial charge in [-0.3, -0.25) is 9.59 Å². The van der Waals surface area contributed by atoms with Crippen LogP contribution in [0.5, 0.6) is 0 Å². The molecule has 0 aromatic heterocycles. The summed E-state index contributed by atoms with van der Waals surface area (Å²) < 4.78 is 0. The lowest BCUT2D eigenvalue weighted by atomic mass is 10.0. The first-order valence-corrected chi connectivity index (χ1v) is 6.84. The van der Waals surface area contributed by atoms with Crippen LogP contribution in [-0.4, -0.2) is 24.4 Å². The number of amides is 2. The molecule has 6 heteroatoms. The average molecular weight is 301 g/mol. The smallest absolute Gasteiger partial charge is 0.251 e. The van der Waals surface area contributed by atoms with Crippen molar-refractivity contribution >= 4 is 35.0 Å². The van der Waals surface area contributed by atoms with E-state index in [1.165, 1.54) is 0 Å². The van der Waals surface area contributed by atoms with E-state index in [9.17, 15) is 9.59 Å². The van der Waals surface area contributed by atoms with Crippen molar-refractivity contribution < 1.29 is 9.59 Å². The lowest BCUT2D eigenvalue weighted by molar-refractivity contribution is -0.123. The van der Waals surface area contributed by atoms with Crippen molar-refractivity contribution in [3.8, 4) is 0 Å². The molecule has 0 bridgehead atoms. The molecule has 2 N–H and O–H groups in total. The molecule has 102 valence electrons. The van der Waals surface area contributed by atoms with Crippen molar-refractivity contribution in [2.45, 2.75) is 25.3 Å². The van der Waals surface area contributed by atoms with Crippen LogP contribution in [0, 0.1) is 0 Å². The first kappa shape index (κ1) is 14.2. The quantitative estimate of drug-likeness (QED) is 0.900. The molecular formula is C13H14Cl2N2O2. The monoisotopic (exact) mass is 300 g/mol. The minimum absolute atomic E-state index is 0.000133. The van der Waals surface area contributed by atoms with Crippen molar-refractivity contribution in [2.75, 3.05) is 6.54 Å². The minimum atomic E-state index is -0.246. The van der Waals surface area contributed by atoms with Crippen LogP contribution in [0.2, 0.25) is 10.0 Å². The highest BCUT2D eigenvalue weighted by molar-refractivity contribution is 6.35. The second-order valence-corrected chi connectivity index (χ2v) is 5.40. The van der Waals surface area contributed by atoms with Crippen LogP contribution in [0.25, 0.3) is 0 Å². The van der Waals surface area contributed by atoms with Gasteiger partial charge in [0, 0.05) is 34.6 Å². The van der Waals surface area contributed by atoms with Crippen LogP contribution in [0.1, 0.15) is 29.6 Å². The predicted octanol–water partition coefficient (Wildman–Crippen LogP) is 2.39. The van der Waals surface area contributed by atoms with E-state index in [-0.39, 0.29) is 17.9 Å². The number of carbonyl (C=O) groups excluding carboxylic acids is 2. The fourth-order valence-corrected chi connectivity index (χ4v) is 2.56. The third-order valence-electron chi connectivity index (χ3n) is 2.96. The molecule has 0 spiro atoms. The molecule has 1 aromatic carbocycles. The van der Waals surface area contributed by atoms with Gasteiger partial charge in [-0.05, 0) is 31.0 Å². The molecule has 0 saturated carbocycles. The molecule has 1 aliphatic rings. The zero-order valence-corrected chi connectivity index (χ0v) is 11.7. The number of rotatable bonds is 3. The Bertz CT molecular complexity index is 485. The van der Waals surface area contributed by atoms with Gasteiger partial charge in [0.05, 0.1) is 0 Å². The Kier molecular flexibility index (Phi) is 4.66. The van der Waals surface area contributed by atoms with Crippen molar-refractivity contribution in [3.05, 3.63) is 33.8 Å². The third-order valence-corrected chi connectivity index (χ3v) is 3.39. The Balaban J connectivity index is 1.92. The van der Waals surface area contributed by atoms with Gasteiger partial charge in [-0.15, -0.1) is 0 Å². The van der Waals surface area contributed by atoms with Crippen molar-refractivity contribution in [3.63, 3.8) is 0 Å². The van der Waals surface area contributed by atoms with E-state index in [1.54, 1.807) is 18.2 Å². The molecular weight excluding hydrogens is 287 g/mol. The summed E-state index contributed by atoms with van der Waals surface area (Å²) in [5, 5.41) is 6.45. The third kappa shape index (κ3) is 4.11. The van der Waals surface area contributed by atoms with Gasteiger partial charge in [0.1, 0.15) is 0 Å². The lowest BCUT2D eigenvalue weighted by Gasteiger charge is -2.23. The average Bonchev–Trinajstić information content (AvgIpc) is 2.35. The summed E-state index contributed by atoms with van der Waals surface area (Å²) in [4.78, 5) is 23.2. The van der Waals surface area contributed by atoms with Gasteiger partial charge in [0.15, 0.2) is 0 Å². The van der Waals surface area contributed by atoms with Gasteiger partial charge in [-0.1, -0.05) is 23.2 Å². The first-order chi connectivity index (χ1) is 9.04. The second kappa shape index (κ2) is 6.26. The Morgan fingerprint density at radius 3 is 2.63 bits per heavy atom. The van der Waals surface area contributed by atoms with E-state index in [0.717, 1.165) is 12.8 Å². The SMILES string of the molecule is O=C1CCC[C@H](CNC(=O)c2cc(Cl)cc(Cl)c2)N1. The molecule has 1 aromatic rings. The van der Waals surface area contributed by atoms with E-state index in [2.05, 4.69) is 10.6 Å². The number of piperidine rings is 1. The first-order valence-electron chi connectivity index (χ1n) is 6.08. The zero-order chi connectivity index (χ0) is 13.8. The number of hydrogen-bond donors (Lipinski definition) is 2. The topological polar surface area (TPSA) is 58.2 Å². The summed E-state index contributed by atoms with van der Waals surface area (Å²) >= 11 is 11.7. The highest BCUT2D eigenvalue weighted by atomic mass is 35.5. The fourth-order valence-electron chi connectivity index (χ4n) is 2.04. The van der Waals surface area contributed by atoms with Crippen LogP contribution >= 0.6 is 23.2 Å². The van der Waals surface area contributed by atoms with Gasteiger partial charge in [-0.25, -0.2) is 0 Å². The standard InChI is InChI=1S/C13H14Cl2N2O2/c14-9-4-8(5-10(15)6-9)13(19)16-7-11-2-1-3-12(18)17-11/h4-6,11H,1-3,7H2,(H,16,19)(H,17,18)/t11-/m1/s1. The fraction of sp³-hybridized carbons (Fsp3) is 0.385. The summed E-state index contributed by atoms with van der Waals surface area (Å²) in [7, 11) is 0. The van der Waals surface area contributed by atoms with Crippen LogP contribution in [0.4, 0.5) is 0 Å². The Morgan fingerprint density at radius 2 is 2.00 bits per heavy atom. The normalized spacial score (nSPS) is 18.8. The molecule has 0 radical (unpaired) electrons. The maximum Gasteiger partial charge on any atom is 0.251 e. The largest absolute Gasteiger partial charge is 0.352 e. The number of hydrogen-bond acceptors (Lipinski definition) is 2. The summed E-state index contributed by atoms with van der Waals surface area (Å²) in [6.45, 7) is 0.411. The Labute approximate surface area is 121 Å². The number of benzene rings is 1. The summed E-state index contributed by atoms with van der Waals surface area (Å²) in [6, 6.07) is 4.69. The Hall–Kier alpha value is -1.26. The van der Waals surface area contributed by atoms with Crippen molar-refractivity contribution in [1.29, 1.82) is 0 Å². The molecule has 19 heavy (non-hydrogen) atoms. The second-order valence-electron chi connectivity index (χ2n) is 4.52. The molecule has 2 amide bonds. The maximum absolute atomic E-state index is 11.9. The molecule has 4 nitrogen and oxygen atoms in total. The molecule has 2 rings (SSSR count). The van der Waals surface area contributed by atoms with Gasteiger partial charge < -0.3 is 10.6 Å². The van der Waals surface area contributed by atoms with E-state index >= 15 is 0 Å². The molecule has 1 atom stereocenters. The lowest BCUT2D eigenvalue weighted by Crippen LogP contribution is -2.46. The van der Waals surface area contributed by atoms with Crippen LogP contribution in [0.3, 0.4) is 0 Å². The van der Waals surface area contributed by atoms with Gasteiger partial charge >= 0.3 is 0 Å². The highest BCUT2D eigenvalue weighted by Gasteiger charge is 2.18. The van der Waals surface area contributed by atoms with Gasteiger partial charge in [-0.2, -0.15) is 0 Å². The van der Waals surface area contributed by atoms with Crippen molar-refractivity contribution in [1.82, 2.24) is 10.6 Å². The summed E-state index contributed by atoms with van der Waals surface area (Å²) in [5.74, 6) is -0.208. The molecule has 1 aliphatic heterocycles. The molecule has 1 saturated heterocycles. The van der Waals surface area contributed by atoms with Crippen molar-refractivity contribution in [2.24, 2.45) is 0 Å². The Morgan fingerprint density at radius 1 is 1.32 bits per heavy atom. The minimum Gasteiger partial charge on any atom is -0.352 e. The van der Waals surface area contributed by atoms with Gasteiger partial charge in [0.25, 0.3) is 5.91 Å². The number of halogens is 2. The van der Waals surface area contributed by atoms with Crippen LogP contribution < -0.4 is 10.6 Å². The zero-order valence-electron chi connectivity index (χ0n) is 10.2.